The number of para-hydroxylation sites is 1. The van der Waals surface area contributed by atoms with Crippen LogP contribution in [0.25, 0.3) is 0 Å². The van der Waals surface area contributed by atoms with Gasteiger partial charge in [-0.25, -0.2) is 9.97 Å². The van der Waals surface area contributed by atoms with Crippen molar-refractivity contribution in [3.05, 3.63) is 66.6 Å². The van der Waals surface area contributed by atoms with Crippen molar-refractivity contribution in [1.82, 2.24) is 9.97 Å². The molecule has 0 atom stereocenters. The van der Waals surface area contributed by atoms with Gasteiger partial charge in [0.1, 0.15) is 17.8 Å². The molecule has 0 saturated carbocycles. The molecular weight excluding hydrogens is 320 g/mol. The van der Waals surface area contributed by atoms with Crippen LogP contribution in [0.5, 0.6) is 11.5 Å². The third kappa shape index (κ3) is 3.35. The molecule has 1 amide bonds. The number of nitrogens with one attached hydrogen (secondary N) is 2. The molecule has 0 saturated heterocycles. The molecule has 7 nitrogen and oxygen atoms in total. The van der Waals surface area contributed by atoms with Gasteiger partial charge in [-0.2, -0.15) is 0 Å². The van der Waals surface area contributed by atoms with E-state index in [1.165, 1.54) is 6.33 Å². The van der Waals surface area contributed by atoms with E-state index in [4.69, 9.17) is 9.47 Å². The first-order chi connectivity index (χ1) is 12.3. The Kier molecular flexibility index (Phi) is 3.88. The van der Waals surface area contributed by atoms with Gasteiger partial charge in [-0.15, -0.1) is 0 Å². The van der Waals surface area contributed by atoms with Crippen LogP contribution in [0.15, 0.2) is 60.9 Å². The summed E-state index contributed by atoms with van der Waals surface area (Å²) in [5.74, 6) is 1.58. The molecule has 2 N–H and O–H groups in total. The second-order valence-electron chi connectivity index (χ2n) is 5.30. The second-order valence-corrected chi connectivity index (χ2v) is 5.30. The number of carbonyl (C=O) groups is 1. The molecule has 2 heterocycles. The highest BCUT2D eigenvalue weighted by molar-refractivity contribution is 6.03. The van der Waals surface area contributed by atoms with Crippen molar-refractivity contribution >= 4 is 23.1 Å². The molecule has 124 valence electrons. The number of nitrogens with zero attached hydrogens (tertiary/aromatic N) is 2. The largest absolute Gasteiger partial charge is 0.454 e. The Morgan fingerprint density at radius 3 is 2.64 bits per heavy atom. The lowest BCUT2D eigenvalue weighted by Crippen LogP contribution is -2.14. The van der Waals surface area contributed by atoms with E-state index in [1.54, 1.807) is 6.07 Å². The molecule has 0 bridgehead atoms. The second kappa shape index (κ2) is 6.48. The van der Waals surface area contributed by atoms with Gasteiger partial charge < -0.3 is 20.1 Å². The SMILES string of the molecule is O=C(Nc1ccccc1)c1cc(Nc2ccc3c(c2)OCO3)ncn1. The number of amides is 1. The number of fused-ring (bicyclic) bond motifs is 1. The molecule has 4 rings (SSSR count). The fourth-order valence-electron chi connectivity index (χ4n) is 2.39. The lowest BCUT2D eigenvalue weighted by atomic mass is 10.2. The third-order valence-electron chi connectivity index (χ3n) is 3.58. The predicted octanol–water partition coefficient (Wildman–Crippen LogP) is 3.20. The Morgan fingerprint density at radius 2 is 1.76 bits per heavy atom. The molecule has 0 aliphatic carbocycles. The molecule has 1 aliphatic heterocycles. The first kappa shape index (κ1) is 14.9. The Bertz CT molecular complexity index is 915. The Hall–Kier alpha value is -3.61. The van der Waals surface area contributed by atoms with Gasteiger partial charge in [-0.3, -0.25) is 4.79 Å². The van der Waals surface area contributed by atoms with E-state index in [1.807, 2.05) is 48.5 Å². The minimum absolute atomic E-state index is 0.218. The van der Waals surface area contributed by atoms with Crippen LogP contribution in [0.4, 0.5) is 17.2 Å². The molecule has 7 heteroatoms. The van der Waals surface area contributed by atoms with Crippen molar-refractivity contribution in [2.75, 3.05) is 17.4 Å². The van der Waals surface area contributed by atoms with E-state index < -0.39 is 0 Å². The van der Waals surface area contributed by atoms with Gasteiger partial charge in [0.2, 0.25) is 6.79 Å². The zero-order chi connectivity index (χ0) is 17.1. The summed E-state index contributed by atoms with van der Waals surface area (Å²) in [4.78, 5) is 20.5. The van der Waals surface area contributed by atoms with Gasteiger partial charge in [-0.05, 0) is 24.3 Å². The minimum Gasteiger partial charge on any atom is -0.454 e. The van der Waals surface area contributed by atoms with Crippen molar-refractivity contribution in [2.24, 2.45) is 0 Å². The quantitative estimate of drug-likeness (QED) is 0.762. The van der Waals surface area contributed by atoms with Crippen molar-refractivity contribution in [3.8, 4) is 11.5 Å². The first-order valence-electron chi connectivity index (χ1n) is 7.63. The number of hydrogen-bond acceptors (Lipinski definition) is 6. The van der Waals surface area contributed by atoms with Crippen molar-refractivity contribution in [1.29, 1.82) is 0 Å². The van der Waals surface area contributed by atoms with E-state index in [9.17, 15) is 4.79 Å². The van der Waals surface area contributed by atoms with Crippen LogP contribution in [0, 0.1) is 0 Å². The molecule has 0 fully saturated rings. The summed E-state index contributed by atoms with van der Waals surface area (Å²) < 4.78 is 10.6. The maximum atomic E-state index is 12.3. The topological polar surface area (TPSA) is 85.4 Å². The third-order valence-corrected chi connectivity index (χ3v) is 3.58. The number of benzene rings is 2. The number of ether oxygens (including phenoxy) is 2. The summed E-state index contributed by atoms with van der Waals surface area (Å²) in [6.07, 6.45) is 1.34. The maximum Gasteiger partial charge on any atom is 0.274 e. The van der Waals surface area contributed by atoms with Gasteiger partial charge >= 0.3 is 0 Å². The van der Waals surface area contributed by atoms with Gasteiger partial charge in [0, 0.05) is 23.5 Å². The standard InChI is InChI=1S/C18H14N4O3/c23-18(22-12-4-2-1-3-5-12)14-9-17(20-10-19-14)21-13-6-7-15-16(8-13)25-11-24-15/h1-10H,11H2,(H,22,23)(H,19,20,21). The van der Waals surface area contributed by atoms with Crippen LogP contribution in [-0.4, -0.2) is 22.7 Å². The summed E-state index contributed by atoms with van der Waals surface area (Å²) in [7, 11) is 0. The minimum atomic E-state index is -0.303. The van der Waals surface area contributed by atoms with E-state index in [2.05, 4.69) is 20.6 Å². The van der Waals surface area contributed by atoms with Gasteiger partial charge in [0.05, 0.1) is 0 Å². The van der Waals surface area contributed by atoms with Crippen molar-refractivity contribution in [3.63, 3.8) is 0 Å². The Morgan fingerprint density at radius 1 is 0.920 bits per heavy atom. The Balaban J connectivity index is 1.50. The number of carbonyl (C=O) groups excluding carboxylic acids is 1. The molecule has 3 aromatic rings. The zero-order valence-electron chi connectivity index (χ0n) is 13.1. The summed E-state index contributed by atoms with van der Waals surface area (Å²) in [6.45, 7) is 0.218. The normalized spacial score (nSPS) is 11.8. The van der Waals surface area contributed by atoms with Gasteiger partial charge in [0.25, 0.3) is 5.91 Å². The molecule has 0 unspecified atom stereocenters. The van der Waals surface area contributed by atoms with Gasteiger partial charge in [0.15, 0.2) is 11.5 Å². The summed E-state index contributed by atoms with van der Waals surface area (Å²) in [6, 6.07) is 16.3. The van der Waals surface area contributed by atoms with Crippen LogP contribution in [0.2, 0.25) is 0 Å². The smallest absolute Gasteiger partial charge is 0.274 e. The van der Waals surface area contributed by atoms with E-state index in [0.717, 1.165) is 5.69 Å². The average Bonchev–Trinajstić information content (AvgIpc) is 3.10. The van der Waals surface area contributed by atoms with E-state index in [-0.39, 0.29) is 18.4 Å². The maximum absolute atomic E-state index is 12.3. The fraction of sp³-hybridized carbons (Fsp3) is 0.0556. The molecule has 0 spiro atoms. The van der Waals surface area contributed by atoms with Crippen LogP contribution in [0.1, 0.15) is 10.5 Å². The predicted molar refractivity (Wildman–Crippen MR) is 92.3 cm³/mol. The highest BCUT2D eigenvalue weighted by atomic mass is 16.7. The molecule has 2 aromatic carbocycles. The molecule has 1 aromatic heterocycles. The lowest BCUT2D eigenvalue weighted by molar-refractivity contribution is 0.102. The Labute approximate surface area is 143 Å². The molecule has 25 heavy (non-hydrogen) atoms. The number of hydrogen-bond donors (Lipinski definition) is 2. The van der Waals surface area contributed by atoms with Crippen LogP contribution >= 0.6 is 0 Å². The van der Waals surface area contributed by atoms with Crippen LogP contribution < -0.4 is 20.1 Å². The average molecular weight is 334 g/mol. The van der Waals surface area contributed by atoms with Crippen LogP contribution in [-0.2, 0) is 0 Å². The first-order valence-corrected chi connectivity index (χ1v) is 7.63. The highest BCUT2D eigenvalue weighted by Gasteiger charge is 2.14. The van der Waals surface area contributed by atoms with Crippen molar-refractivity contribution in [2.45, 2.75) is 0 Å². The summed E-state index contributed by atoms with van der Waals surface area (Å²) in [5.41, 5.74) is 1.75. The molecule has 1 aliphatic rings. The van der Waals surface area contributed by atoms with Crippen LogP contribution in [0.3, 0.4) is 0 Å². The molecular formula is C18H14N4O3. The number of rotatable bonds is 4. The monoisotopic (exact) mass is 334 g/mol. The lowest BCUT2D eigenvalue weighted by Gasteiger charge is -2.08. The van der Waals surface area contributed by atoms with Gasteiger partial charge in [-0.1, -0.05) is 18.2 Å². The summed E-state index contributed by atoms with van der Waals surface area (Å²) >= 11 is 0. The zero-order valence-corrected chi connectivity index (χ0v) is 13.1. The number of aromatic nitrogens is 2. The summed E-state index contributed by atoms with van der Waals surface area (Å²) in [5, 5.41) is 5.92. The highest BCUT2D eigenvalue weighted by Crippen LogP contribution is 2.34. The van der Waals surface area contributed by atoms with Crippen molar-refractivity contribution < 1.29 is 14.3 Å². The van der Waals surface area contributed by atoms with E-state index >= 15 is 0 Å². The number of anilines is 3. The van der Waals surface area contributed by atoms with E-state index in [0.29, 0.717) is 23.0 Å². The fourth-order valence-corrected chi connectivity index (χ4v) is 2.39. The molecule has 0 radical (unpaired) electrons.